The third-order valence-corrected chi connectivity index (χ3v) is 4.16. The zero-order valence-electron chi connectivity index (χ0n) is 12.3. The average molecular weight is 364 g/mol. The van der Waals surface area contributed by atoms with E-state index in [1.54, 1.807) is 36.4 Å². The smallest absolute Gasteiger partial charge is 0.326 e. The second kappa shape index (κ2) is 6.63. The number of ether oxygens (including phenoxy) is 1. The van der Waals surface area contributed by atoms with Crippen LogP contribution in [0.25, 0.3) is 0 Å². The molecule has 1 heterocycles. The van der Waals surface area contributed by atoms with Crippen LogP contribution in [0.4, 0.5) is 0 Å². The highest BCUT2D eigenvalue weighted by Crippen LogP contribution is 2.23. The van der Waals surface area contributed by atoms with Gasteiger partial charge >= 0.3 is 5.97 Å². The van der Waals surface area contributed by atoms with Gasteiger partial charge in [0.25, 0.3) is 11.8 Å². The molecule has 0 unspecified atom stereocenters. The molecule has 1 aliphatic heterocycles. The van der Waals surface area contributed by atoms with Crippen LogP contribution in [-0.2, 0) is 16.1 Å². The number of halogens is 2. The number of nitrogens with zero attached hydrogens (tertiary/aromatic N) is 1. The summed E-state index contributed by atoms with van der Waals surface area (Å²) in [6, 6.07) is 11.2. The molecule has 0 saturated heterocycles. The molecule has 0 fully saturated rings. The van der Waals surface area contributed by atoms with Crippen LogP contribution in [-0.4, -0.2) is 29.2 Å². The normalized spacial score (nSPS) is 13.2. The van der Waals surface area contributed by atoms with Crippen LogP contribution in [0.2, 0.25) is 10.0 Å². The van der Waals surface area contributed by atoms with Gasteiger partial charge in [-0.3, -0.25) is 19.3 Å². The molecule has 1 aliphatic rings. The Morgan fingerprint density at radius 2 is 1.62 bits per heavy atom. The summed E-state index contributed by atoms with van der Waals surface area (Å²) in [7, 11) is 0. The summed E-state index contributed by atoms with van der Waals surface area (Å²) < 4.78 is 5.09. The van der Waals surface area contributed by atoms with Gasteiger partial charge < -0.3 is 4.74 Å². The number of carbonyl (C=O) groups is 3. The summed E-state index contributed by atoms with van der Waals surface area (Å²) in [6.45, 7) is -0.518. The third kappa shape index (κ3) is 3.13. The first-order valence-electron chi connectivity index (χ1n) is 7.02. The second-order valence-electron chi connectivity index (χ2n) is 5.14. The fourth-order valence-corrected chi connectivity index (χ4v) is 2.82. The maximum absolute atomic E-state index is 12.2. The van der Waals surface area contributed by atoms with Crippen molar-refractivity contribution in [3.8, 4) is 0 Å². The molecular formula is C17H11Cl2NO4. The van der Waals surface area contributed by atoms with Crippen molar-refractivity contribution in [1.29, 1.82) is 0 Å². The van der Waals surface area contributed by atoms with Gasteiger partial charge in [0.1, 0.15) is 13.2 Å². The molecule has 0 saturated carbocycles. The van der Waals surface area contributed by atoms with Crippen LogP contribution >= 0.6 is 23.2 Å². The van der Waals surface area contributed by atoms with Crippen molar-refractivity contribution in [2.45, 2.75) is 6.61 Å². The van der Waals surface area contributed by atoms with E-state index in [0.29, 0.717) is 15.6 Å². The van der Waals surface area contributed by atoms with Crippen LogP contribution in [0.5, 0.6) is 0 Å². The van der Waals surface area contributed by atoms with Gasteiger partial charge in [-0.1, -0.05) is 41.4 Å². The molecule has 122 valence electrons. The van der Waals surface area contributed by atoms with E-state index in [9.17, 15) is 14.4 Å². The van der Waals surface area contributed by atoms with E-state index in [-0.39, 0.29) is 17.7 Å². The lowest BCUT2D eigenvalue weighted by Crippen LogP contribution is -2.35. The van der Waals surface area contributed by atoms with E-state index < -0.39 is 24.3 Å². The summed E-state index contributed by atoms with van der Waals surface area (Å²) in [5.41, 5.74) is 1.16. The Morgan fingerprint density at radius 1 is 1.00 bits per heavy atom. The van der Waals surface area contributed by atoms with Gasteiger partial charge in [-0.15, -0.1) is 0 Å². The standard InChI is InChI=1S/C17H11Cl2NO4/c18-11-6-5-10(14(19)7-11)9-24-15(21)8-20-16(22)12-3-1-2-4-13(12)17(20)23/h1-7H,8-9H2. The van der Waals surface area contributed by atoms with Gasteiger partial charge in [0.15, 0.2) is 0 Å². The first-order valence-corrected chi connectivity index (χ1v) is 7.77. The predicted molar refractivity (Wildman–Crippen MR) is 88.1 cm³/mol. The number of carbonyl (C=O) groups excluding carboxylic acids is 3. The molecule has 0 spiro atoms. The summed E-state index contributed by atoms with van der Waals surface area (Å²) in [4.78, 5) is 37.2. The number of fused-ring (bicyclic) bond motifs is 1. The van der Waals surface area contributed by atoms with Crippen molar-refractivity contribution >= 4 is 41.0 Å². The van der Waals surface area contributed by atoms with Gasteiger partial charge in [0.2, 0.25) is 0 Å². The molecule has 3 rings (SSSR count). The van der Waals surface area contributed by atoms with Crippen molar-refractivity contribution in [1.82, 2.24) is 4.90 Å². The molecule has 0 atom stereocenters. The Balaban J connectivity index is 1.64. The van der Waals surface area contributed by atoms with Crippen molar-refractivity contribution in [3.63, 3.8) is 0 Å². The molecule has 7 heteroatoms. The molecular weight excluding hydrogens is 353 g/mol. The summed E-state index contributed by atoms with van der Waals surface area (Å²) >= 11 is 11.8. The zero-order chi connectivity index (χ0) is 17.3. The molecule has 2 aromatic carbocycles. The van der Waals surface area contributed by atoms with Crippen molar-refractivity contribution in [2.75, 3.05) is 6.54 Å². The predicted octanol–water partition coefficient (Wildman–Crippen LogP) is 3.33. The third-order valence-electron chi connectivity index (χ3n) is 3.57. The minimum absolute atomic E-state index is 0.0714. The lowest BCUT2D eigenvalue weighted by Gasteiger charge is -2.13. The molecule has 5 nitrogen and oxygen atoms in total. The number of hydrogen-bond acceptors (Lipinski definition) is 4. The minimum atomic E-state index is -0.699. The Labute approximate surface area is 147 Å². The molecule has 0 aromatic heterocycles. The van der Waals surface area contributed by atoms with Gasteiger partial charge in [-0.2, -0.15) is 0 Å². The number of imide groups is 1. The molecule has 2 amide bonds. The molecule has 2 aromatic rings. The van der Waals surface area contributed by atoms with E-state index in [2.05, 4.69) is 0 Å². The molecule has 0 bridgehead atoms. The molecule has 24 heavy (non-hydrogen) atoms. The Hall–Kier alpha value is -2.37. The topological polar surface area (TPSA) is 63.7 Å². The van der Waals surface area contributed by atoms with Crippen LogP contribution in [0.3, 0.4) is 0 Å². The van der Waals surface area contributed by atoms with E-state index in [0.717, 1.165) is 4.90 Å². The van der Waals surface area contributed by atoms with E-state index in [1.165, 1.54) is 6.07 Å². The fourth-order valence-electron chi connectivity index (χ4n) is 2.35. The Bertz CT molecular complexity index is 815. The fraction of sp³-hybridized carbons (Fsp3) is 0.118. The summed E-state index contributed by atoms with van der Waals surface area (Å²) in [5.74, 6) is -1.70. The van der Waals surface area contributed by atoms with Gasteiger partial charge in [-0.25, -0.2) is 0 Å². The lowest BCUT2D eigenvalue weighted by atomic mass is 10.1. The Morgan fingerprint density at radius 3 is 2.21 bits per heavy atom. The van der Waals surface area contributed by atoms with Crippen LogP contribution in [0.15, 0.2) is 42.5 Å². The molecule has 0 radical (unpaired) electrons. The summed E-state index contributed by atoms with van der Waals surface area (Å²) in [5, 5.41) is 0.845. The number of hydrogen-bond donors (Lipinski definition) is 0. The lowest BCUT2D eigenvalue weighted by molar-refractivity contribution is -0.145. The second-order valence-corrected chi connectivity index (χ2v) is 5.98. The Kier molecular flexibility index (Phi) is 4.55. The first kappa shape index (κ1) is 16.5. The number of benzene rings is 2. The van der Waals surface area contributed by atoms with E-state index >= 15 is 0 Å². The van der Waals surface area contributed by atoms with E-state index in [1.807, 2.05) is 0 Å². The molecule has 0 aliphatic carbocycles. The first-order chi connectivity index (χ1) is 11.5. The number of esters is 1. The highest BCUT2D eigenvalue weighted by atomic mass is 35.5. The van der Waals surface area contributed by atoms with Crippen LogP contribution in [0.1, 0.15) is 26.3 Å². The SMILES string of the molecule is O=C(CN1C(=O)c2ccccc2C1=O)OCc1ccc(Cl)cc1Cl. The van der Waals surface area contributed by atoms with Crippen LogP contribution < -0.4 is 0 Å². The van der Waals surface area contributed by atoms with Crippen molar-refractivity contribution in [3.05, 3.63) is 69.2 Å². The average Bonchev–Trinajstić information content (AvgIpc) is 2.79. The number of amides is 2. The minimum Gasteiger partial charge on any atom is -0.459 e. The molecule has 0 N–H and O–H groups in total. The maximum Gasteiger partial charge on any atom is 0.326 e. The van der Waals surface area contributed by atoms with Gasteiger partial charge in [0, 0.05) is 15.6 Å². The highest BCUT2D eigenvalue weighted by molar-refractivity contribution is 6.35. The largest absolute Gasteiger partial charge is 0.459 e. The monoisotopic (exact) mass is 363 g/mol. The van der Waals surface area contributed by atoms with Gasteiger partial charge in [0.05, 0.1) is 11.1 Å². The van der Waals surface area contributed by atoms with E-state index in [4.69, 9.17) is 27.9 Å². The van der Waals surface area contributed by atoms with Crippen molar-refractivity contribution in [2.24, 2.45) is 0 Å². The quantitative estimate of drug-likeness (QED) is 0.617. The summed E-state index contributed by atoms with van der Waals surface area (Å²) in [6.07, 6.45) is 0. The number of rotatable bonds is 4. The van der Waals surface area contributed by atoms with Crippen LogP contribution in [0, 0.1) is 0 Å². The van der Waals surface area contributed by atoms with Gasteiger partial charge in [-0.05, 0) is 24.3 Å². The maximum atomic E-state index is 12.2. The van der Waals surface area contributed by atoms with Crippen molar-refractivity contribution < 1.29 is 19.1 Å². The zero-order valence-corrected chi connectivity index (χ0v) is 13.8. The highest BCUT2D eigenvalue weighted by Gasteiger charge is 2.36.